The summed E-state index contributed by atoms with van der Waals surface area (Å²) < 4.78 is 0. The minimum absolute atomic E-state index is 0.297. The number of anilines is 2. The highest BCUT2D eigenvalue weighted by Gasteiger charge is 2.11. The largest absolute Gasteiger partial charge is 0.323 e. The van der Waals surface area contributed by atoms with Gasteiger partial charge in [-0.3, -0.25) is 0 Å². The molecule has 0 saturated heterocycles. The summed E-state index contributed by atoms with van der Waals surface area (Å²) >= 11 is 11.9. The smallest absolute Gasteiger partial charge is 0.308 e. The third kappa shape index (κ3) is 5.15. The first-order chi connectivity index (χ1) is 11.5. The second-order valence-corrected chi connectivity index (χ2v) is 6.56. The first kappa shape index (κ1) is 18.6. The van der Waals surface area contributed by atoms with E-state index in [1.165, 1.54) is 0 Å². The SMILES string of the molecule is CCCc1cccc(CCC)c1NC(=O)Nc1cc(Cl)cc(Cl)c1. The standard InChI is InChI=1S/C19H22Cl2N2O/c1-3-6-13-8-5-9-14(7-4-2)18(13)23-19(24)22-17-11-15(20)10-16(21)12-17/h5,8-12H,3-4,6-7H2,1-2H3,(H2,22,23,24). The normalized spacial score (nSPS) is 10.5. The molecule has 2 aromatic carbocycles. The Labute approximate surface area is 153 Å². The first-order valence-electron chi connectivity index (χ1n) is 8.18. The van der Waals surface area contributed by atoms with Crippen LogP contribution in [0.2, 0.25) is 10.0 Å². The van der Waals surface area contributed by atoms with Crippen LogP contribution in [0, 0.1) is 0 Å². The number of carbonyl (C=O) groups excluding carboxylic acids is 1. The molecule has 0 aliphatic heterocycles. The van der Waals surface area contributed by atoms with Crippen LogP contribution in [0.3, 0.4) is 0 Å². The van der Waals surface area contributed by atoms with Gasteiger partial charge in [0.1, 0.15) is 0 Å². The van der Waals surface area contributed by atoms with Gasteiger partial charge in [-0.05, 0) is 42.2 Å². The lowest BCUT2D eigenvalue weighted by Crippen LogP contribution is -2.21. The molecule has 3 nitrogen and oxygen atoms in total. The highest BCUT2D eigenvalue weighted by Crippen LogP contribution is 2.26. The number of urea groups is 1. The summed E-state index contributed by atoms with van der Waals surface area (Å²) in [6, 6.07) is 10.8. The van der Waals surface area contributed by atoms with Gasteiger partial charge in [0.15, 0.2) is 0 Å². The minimum Gasteiger partial charge on any atom is -0.308 e. The lowest BCUT2D eigenvalue weighted by molar-refractivity contribution is 0.262. The maximum atomic E-state index is 12.4. The quantitative estimate of drug-likeness (QED) is 0.599. The van der Waals surface area contributed by atoms with E-state index in [4.69, 9.17) is 23.2 Å². The van der Waals surface area contributed by atoms with E-state index in [1.807, 2.05) is 0 Å². The molecule has 0 heterocycles. The van der Waals surface area contributed by atoms with Crippen LogP contribution in [0.15, 0.2) is 36.4 Å². The average molecular weight is 365 g/mol. The molecule has 0 unspecified atom stereocenters. The second kappa shape index (κ2) is 8.95. The zero-order valence-electron chi connectivity index (χ0n) is 14.0. The fraction of sp³-hybridized carbons (Fsp3) is 0.316. The van der Waals surface area contributed by atoms with Gasteiger partial charge in [0.25, 0.3) is 0 Å². The van der Waals surface area contributed by atoms with Crippen molar-refractivity contribution in [3.8, 4) is 0 Å². The van der Waals surface area contributed by atoms with E-state index in [2.05, 4.69) is 42.7 Å². The number of aryl methyl sites for hydroxylation is 2. The lowest BCUT2D eigenvalue weighted by atomic mass is 10.0. The number of benzene rings is 2. The molecule has 0 radical (unpaired) electrons. The lowest BCUT2D eigenvalue weighted by Gasteiger charge is -2.16. The zero-order chi connectivity index (χ0) is 17.5. The Morgan fingerprint density at radius 2 is 1.46 bits per heavy atom. The van der Waals surface area contributed by atoms with Crippen LogP contribution in [-0.2, 0) is 12.8 Å². The maximum absolute atomic E-state index is 12.4. The van der Waals surface area contributed by atoms with Gasteiger partial charge in [-0.15, -0.1) is 0 Å². The third-order valence-electron chi connectivity index (χ3n) is 3.63. The predicted octanol–water partition coefficient (Wildman–Crippen LogP) is 6.54. The summed E-state index contributed by atoms with van der Waals surface area (Å²) in [5.41, 5.74) is 3.78. The number of para-hydroxylation sites is 1. The Morgan fingerprint density at radius 3 is 1.96 bits per heavy atom. The molecule has 2 aromatic rings. The van der Waals surface area contributed by atoms with Crippen molar-refractivity contribution in [3.63, 3.8) is 0 Å². The van der Waals surface area contributed by atoms with Crippen LogP contribution in [-0.4, -0.2) is 6.03 Å². The monoisotopic (exact) mass is 364 g/mol. The van der Waals surface area contributed by atoms with Gasteiger partial charge in [0, 0.05) is 21.4 Å². The fourth-order valence-electron chi connectivity index (χ4n) is 2.67. The van der Waals surface area contributed by atoms with Gasteiger partial charge in [0.05, 0.1) is 0 Å². The summed E-state index contributed by atoms with van der Waals surface area (Å²) in [5.74, 6) is 0. The van der Waals surface area contributed by atoms with Crippen molar-refractivity contribution in [1.29, 1.82) is 0 Å². The van der Waals surface area contributed by atoms with Crippen molar-refractivity contribution >= 4 is 40.6 Å². The molecule has 0 atom stereocenters. The predicted molar refractivity (Wildman–Crippen MR) is 104 cm³/mol. The van der Waals surface area contributed by atoms with Gasteiger partial charge in [-0.1, -0.05) is 68.1 Å². The molecule has 2 N–H and O–H groups in total. The van der Waals surface area contributed by atoms with E-state index >= 15 is 0 Å². The average Bonchev–Trinajstić information content (AvgIpc) is 2.49. The van der Waals surface area contributed by atoms with E-state index in [0.717, 1.165) is 42.5 Å². The molecule has 0 aliphatic rings. The van der Waals surface area contributed by atoms with Crippen molar-refractivity contribution in [2.24, 2.45) is 0 Å². The van der Waals surface area contributed by atoms with Crippen LogP contribution in [0.25, 0.3) is 0 Å². The van der Waals surface area contributed by atoms with E-state index < -0.39 is 0 Å². The number of halogens is 2. The Morgan fingerprint density at radius 1 is 0.917 bits per heavy atom. The molecule has 2 amide bonds. The molecule has 128 valence electrons. The summed E-state index contributed by atoms with van der Waals surface area (Å²) in [6.07, 6.45) is 3.90. The van der Waals surface area contributed by atoms with E-state index in [1.54, 1.807) is 18.2 Å². The van der Waals surface area contributed by atoms with Gasteiger partial charge in [0.2, 0.25) is 0 Å². The number of nitrogens with one attached hydrogen (secondary N) is 2. The van der Waals surface area contributed by atoms with Crippen LogP contribution in [0.1, 0.15) is 37.8 Å². The molecule has 0 fully saturated rings. The molecule has 0 bridgehead atoms. The van der Waals surface area contributed by atoms with E-state index in [-0.39, 0.29) is 6.03 Å². The second-order valence-electron chi connectivity index (χ2n) is 5.69. The van der Waals surface area contributed by atoms with Gasteiger partial charge < -0.3 is 10.6 Å². The van der Waals surface area contributed by atoms with Crippen molar-refractivity contribution in [1.82, 2.24) is 0 Å². The summed E-state index contributed by atoms with van der Waals surface area (Å²) in [6.45, 7) is 4.26. The Kier molecular flexibility index (Phi) is 6.95. The van der Waals surface area contributed by atoms with E-state index in [0.29, 0.717) is 15.7 Å². The summed E-state index contributed by atoms with van der Waals surface area (Å²) in [4.78, 5) is 12.4. The summed E-state index contributed by atoms with van der Waals surface area (Å²) in [5, 5.41) is 6.76. The number of hydrogen-bond acceptors (Lipinski definition) is 1. The maximum Gasteiger partial charge on any atom is 0.323 e. The highest BCUT2D eigenvalue weighted by atomic mass is 35.5. The minimum atomic E-state index is -0.297. The number of rotatable bonds is 6. The molecule has 24 heavy (non-hydrogen) atoms. The molecule has 0 spiro atoms. The molecule has 2 rings (SSSR count). The zero-order valence-corrected chi connectivity index (χ0v) is 15.5. The molecule has 0 saturated carbocycles. The van der Waals surface area contributed by atoms with Crippen molar-refractivity contribution < 1.29 is 4.79 Å². The molecule has 0 aliphatic carbocycles. The van der Waals surface area contributed by atoms with Gasteiger partial charge >= 0.3 is 6.03 Å². The number of hydrogen-bond donors (Lipinski definition) is 2. The highest BCUT2D eigenvalue weighted by molar-refractivity contribution is 6.35. The number of carbonyl (C=O) groups is 1. The van der Waals surface area contributed by atoms with E-state index in [9.17, 15) is 4.79 Å². The Bertz CT molecular complexity index is 672. The van der Waals surface area contributed by atoms with Crippen LogP contribution in [0.5, 0.6) is 0 Å². The molecule has 0 aromatic heterocycles. The van der Waals surface area contributed by atoms with Crippen molar-refractivity contribution in [2.45, 2.75) is 39.5 Å². The molecule has 5 heteroatoms. The van der Waals surface area contributed by atoms with Crippen molar-refractivity contribution in [3.05, 3.63) is 57.6 Å². The molecular weight excluding hydrogens is 343 g/mol. The Balaban J connectivity index is 2.20. The molecular formula is C19H22Cl2N2O. The number of amides is 2. The first-order valence-corrected chi connectivity index (χ1v) is 8.94. The van der Waals surface area contributed by atoms with Crippen LogP contribution in [0.4, 0.5) is 16.2 Å². The summed E-state index contributed by atoms with van der Waals surface area (Å²) in [7, 11) is 0. The van der Waals surface area contributed by atoms with Gasteiger partial charge in [-0.2, -0.15) is 0 Å². The van der Waals surface area contributed by atoms with Gasteiger partial charge in [-0.25, -0.2) is 4.79 Å². The topological polar surface area (TPSA) is 41.1 Å². The van der Waals surface area contributed by atoms with Crippen molar-refractivity contribution in [2.75, 3.05) is 10.6 Å². The fourth-order valence-corrected chi connectivity index (χ4v) is 3.20. The third-order valence-corrected chi connectivity index (χ3v) is 4.07. The van der Waals surface area contributed by atoms with Crippen LogP contribution >= 0.6 is 23.2 Å². The Hall–Kier alpha value is -1.71. The van der Waals surface area contributed by atoms with Crippen LogP contribution < -0.4 is 10.6 Å².